The predicted molar refractivity (Wildman–Crippen MR) is 95.0 cm³/mol. The molecule has 0 spiro atoms. The van der Waals surface area contributed by atoms with Crippen LogP contribution in [0.1, 0.15) is 56.8 Å². The summed E-state index contributed by atoms with van der Waals surface area (Å²) < 4.78 is 1.78. The number of aliphatic hydroxyl groups excluding tert-OH is 1. The highest BCUT2D eigenvalue weighted by Crippen LogP contribution is 2.31. The molecule has 0 bridgehead atoms. The Kier molecular flexibility index (Phi) is 4.02. The smallest absolute Gasteiger partial charge is 0.213 e. The Hall–Kier alpha value is -1.72. The molecule has 2 heterocycles. The fourth-order valence-electron chi connectivity index (χ4n) is 2.54. The SMILES string of the molecule is CC(C)c1nn2c(CO)c(-c3ccc(C(C)(C)C)cc3)nc2s1. The second kappa shape index (κ2) is 5.73. The third kappa shape index (κ3) is 2.91. The highest BCUT2D eigenvalue weighted by Gasteiger charge is 2.19. The number of aromatic nitrogens is 3. The van der Waals surface area contributed by atoms with Gasteiger partial charge in [0.2, 0.25) is 4.96 Å². The Bertz CT molecular complexity index is 822. The maximum absolute atomic E-state index is 9.80. The van der Waals surface area contributed by atoms with Gasteiger partial charge in [-0.25, -0.2) is 9.50 Å². The molecular weight excluding hydrogens is 306 g/mol. The molecule has 1 N–H and O–H groups in total. The van der Waals surface area contributed by atoms with Crippen LogP contribution in [-0.2, 0) is 12.0 Å². The standard InChI is InChI=1S/C18H23N3OS/c1-11(2)16-20-21-14(10-22)15(19-17(21)23-16)12-6-8-13(9-7-12)18(3,4)5/h6-9,11,22H,10H2,1-5H3. The topological polar surface area (TPSA) is 50.4 Å². The van der Waals surface area contributed by atoms with E-state index in [2.05, 4.69) is 64.0 Å². The van der Waals surface area contributed by atoms with E-state index in [1.165, 1.54) is 5.56 Å². The summed E-state index contributed by atoms with van der Waals surface area (Å²) in [5.74, 6) is 0.364. The molecule has 2 aromatic heterocycles. The summed E-state index contributed by atoms with van der Waals surface area (Å²) in [5.41, 5.74) is 4.01. The van der Waals surface area contributed by atoms with Crippen LogP contribution in [0, 0.1) is 0 Å². The first-order chi connectivity index (χ1) is 10.8. The maximum Gasteiger partial charge on any atom is 0.213 e. The molecule has 0 aliphatic rings. The zero-order valence-corrected chi connectivity index (χ0v) is 15.1. The minimum absolute atomic E-state index is 0.0706. The normalized spacial score (nSPS) is 12.5. The summed E-state index contributed by atoms with van der Waals surface area (Å²) in [6.45, 7) is 10.8. The van der Waals surface area contributed by atoms with Gasteiger partial charge in [-0.1, -0.05) is 70.2 Å². The monoisotopic (exact) mass is 329 g/mol. The first kappa shape index (κ1) is 16.1. The van der Waals surface area contributed by atoms with Crippen LogP contribution in [0.25, 0.3) is 16.2 Å². The molecule has 0 amide bonds. The average Bonchev–Trinajstić information content (AvgIpc) is 3.03. The van der Waals surface area contributed by atoms with Crippen LogP contribution in [0.5, 0.6) is 0 Å². The van der Waals surface area contributed by atoms with Gasteiger partial charge in [0.15, 0.2) is 0 Å². The Balaban J connectivity index is 2.07. The van der Waals surface area contributed by atoms with E-state index in [4.69, 9.17) is 4.98 Å². The molecule has 0 radical (unpaired) electrons. The molecule has 0 atom stereocenters. The molecule has 122 valence electrons. The highest BCUT2D eigenvalue weighted by molar-refractivity contribution is 7.16. The van der Waals surface area contributed by atoms with Crippen LogP contribution in [0.3, 0.4) is 0 Å². The zero-order chi connectivity index (χ0) is 16.8. The lowest BCUT2D eigenvalue weighted by atomic mass is 9.86. The van der Waals surface area contributed by atoms with Crippen molar-refractivity contribution < 1.29 is 5.11 Å². The van der Waals surface area contributed by atoms with Crippen molar-refractivity contribution in [2.24, 2.45) is 0 Å². The van der Waals surface area contributed by atoms with E-state index in [1.54, 1.807) is 15.9 Å². The molecule has 0 aliphatic heterocycles. The maximum atomic E-state index is 9.80. The van der Waals surface area contributed by atoms with Crippen molar-refractivity contribution in [1.82, 2.24) is 14.6 Å². The van der Waals surface area contributed by atoms with Crippen LogP contribution in [0.15, 0.2) is 24.3 Å². The molecule has 1 aromatic carbocycles. The van der Waals surface area contributed by atoms with Gasteiger partial charge < -0.3 is 5.11 Å². The lowest BCUT2D eigenvalue weighted by Crippen LogP contribution is -2.10. The van der Waals surface area contributed by atoms with Crippen molar-refractivity contribution in [1.29, 1.82) is 0 Å². The Morgan fingerprint density at radius 1 is 1.17 bits per heavy atom. The number of benzene rings is 1. The van der Waals surface area contributed by atoms with E-state index < -0.39 is 0 Å². The van der Waals surface area contributed by atoms with Gasteiger partial charge in [-0.15, -0.1) is 0 Å². The van der Waals surface area contributed by atoms with Gasteiger partial charge in [0, 0.05) is 11.5 Å². The van der Waals surface area contributed by atoms with Gasteiger partial charge in [-0.05, 0) is 11.0 Å². The van der Waals surface area contributed by atoms with Crippen molar-refractivity contribution in [2.75, 3.05) is 0 Å². The lowest BCUT2D eigenvalue weighted by molar-refractivity contribution is 0.275. The first-order valence-corrected chi connectivity index (χ1v) is 8.73. The van der Waals surface area contributed by atoms with Crippen LogP contribution >= 0.6 is 11.3 Å². The molecule has 0 aliphatic carbocycles. The third-order valence-corrected chi connectivity index (χ3v) is 5.19. The minimum Gasteiger partial charge on any atom is -0.390 e. The fourth-order valence-corrected chi connectivity index (χ4v) is 3.46. The number of rotatable bonds is 3. The van der Waals surface area contributed by atoms with E-state index in [0.29, 0.717) is 5.92 Å². The third-order valence-electron chi connectivity index (χ3n) is 3.98. The van der Waals surface area contributed by atoms with Crippen LogP contribution in [0.2, 0.25) is 0 Å². The Labute approximate surface area is 140 Å². The molecule has 3 rings (SSSR count). The molecule has 23 heavy (non-hydrogen) atoms. The second-order valence-corrected chi connectivity index (χ2v) is 8.17. The zero-order valence-electron chi connectivity index (χ0n) is 14.3. The summed E-state index contributed by atoms with van der Waals surface area (Å²) in [7, 11) is 0. The lowest BCUT2D eigenvalue weighted by Gasteiger charge is -2.19. The molecule has 0 saturated carbocycles. The van der Waals surface area contributed by atoms with Crippen LogP contribution in [-0.4, -0.2) is 19.7 Å². The van der Waals surface area contributed by atoms with Gasteiger partial charge >= 0.3 is 0 Å². The predicted octanol–water partition coefficient (Wildman–Crippen LogP) is 4.37. The summed E-state index contributed by atoms with van der Waals surface area (Å²) in [6.07, 6.45) is 0. The van der Waals surface area contributed by atoms with Gasteiger partial charge in [-0.3, -0.25) is 0 Å². The number of nitrogens with zero attached hydrogens (tertiary/aromatic N) is 3. The molecule has 0 saturated heterocycles. The molecule has 0 unspecified atom stereocenters. The summed E-state index contributed by atoms with van der Waals surface area (Å²) in [5, 5.41) is 15.4. The van der Waals surface area contributed by atoms with Crippen molar-refractivity contribution in [3.8, 4) is 11.3 Å². The van der Waals surface area contributed by atoms with E-state index in [9.17, 15) is 5.11 Å². The summed E-state index contributed by atoms with van der Waals surface area (Å²) in [6, 6.07) is 8.43. The number of aliphatic hydroxyl groups is 1. The molecule has 3 aromatic rings. The van der Waals surface area contributed by atoms with Crippen molar-refractivity contribution in [2.45, 2.75) is 52.6 Å². The molecule has 0 fully saturated rings. The van der Waals surface area contributed by atoms with Gasteiger partial charge in [0.1, 0.15) is 5.01 Å². The van der Waals surface area contributed by atoms with E-state index >= 15 is 0 Å². The molecule has 4 nitrogen and oxygen atoms in total. The molecule has 5 heteroatoms. The van der Waals surface area contributed by atoms with Crippen LogP contribution in [0.4, 0.5) is 0 Å². The number of hydrogen-bond acceptors (Lipinski definition) is 4. The van der Waals surface area contributed by atoms with Gasteiger partial charge in [-0.2, -0.15) is 5.10 Å². The van der Waals surface area contributed by atoms with Crippen molar-refractivity contribution >= 4 is 16.3 Å². The second-order valence-electron chi connectivity index (χ2n) is 7.18. The minimum atomic E-state index is -0.0706. The Morgan fingerprint density at radius 2 is 1.83 bits per heavy atom. The van der Waals surface area contributed by atoms with E-state index in [0.717, 1.165) is 26.9 Å². The highest BCUT2D eigenvalue weighted by atomic mass is 32.1. The average molecular weight is 329 g/mol. The fraction of sp³-hybridized carbons (Fsp3) is 0.444. The first-order valence-electron chi connectivity index (χ1n) is 7.91. The number of fused-ring (bicyclic) bond motifs is 1. The quantitative estimate of drug-likeness (QED) is 0.776. The van der Waals surface area contributed by atoms with Crippen molar-refractivity contribution in [3.63, 3.8) is 0 Å². The van der Waals surface area contributed by atoms with Gasteiger partial charge in [0.25, 0.3) is 0 Å². The summed E-state index contributed by atoms with van der Waals surface area (Å²) >= 11 is 1.59. The van der Waals surface area contributed by atoms with E-state index in [1.807, 2.05) is 0 Å². The largest absolute Gasteiger partial charge is 0.390 e. The van der Waals surface area contributed by atoms with Gasteiger partial charge in [0.05, 0.1) is 18.0 Å². The van der Waals surface area contributed by atoms with E-state index in [-0.39, 0.29) is 12.0 Å². The summed E-state index contributed by atoms with van der Waals surface area (Å²) in [4.78, 5) is 5.55. The Morgan fingerprint density at radius 3 is 2.35 bits per heavy atom. The van der Waals surface area contributed by atoms with Crippen molar-refractivity contribution in [3.05, 3.63) is 40.5 Å². The molecular formula is C18H23N3OS. The number of hydrogen-bond donors (Lipinski definition) is 1. The number of imidazole rings is 1. The van der Waals surface area contributed by atoms with Crippen LogP contribution < -0.4 is 0 Å².